The normalized spacial score (nSPS) is 24.8. The number of aromatic hydroxyl groups is 4. The summed E-state index contributed by atoms with van der Waals surface area (Å²) in [6.07, 6.45) is -14.8. The van der Waals surface area contributed by atoms with Gasteiger partial charge in [0.1, 0.15) is 53.0 Å². The second kappa shape index (κ2) is 12.3. The van der Waals surface area contributed by atoms with E-state index in [0.29, 0.717) is 6.07 Å². The first kappa shape index (κ1) is 32.5. The standard InChI is InChI=1S/C25H25O18P/c26-9-6-12-16(17(32)20(35)23(40-12)8-1-2-10(27)11(28)5-8)13(7-9)42-44(38,39)43-25-22(37)19(34)18(33)21(36)24(25)41-15(31)4-3-14(29)30/h1-2,5-7,18-19,21-22,24-28,33-37H,3-4H2,(H,29,30)(H,38,39)/t18-,19-,21+,22+,24-,25+/m1/s1. The fourth-order valence-corrected chi connectivity index (χ4v) is 5.34. The van der Waals surface area contributed by atoms with E-state index in [-0.39, 0.29) is 5.56 Å². The first-order chi connectivity index (χ1) is 20.5. The van der Waals surface area contributed by atoms with E-state index in [9.17, 15) is 64.7 Å². The zero-order valence-electron chi connectivity index (χ0n) is 22.0. The lowest BCUT2D eigenvalue weighted by Gasteiger charge is -2.43. The molecule has 0 bridgehead atoms. The zero-order chi connectivity index (χ0) is 32.7. The van der Waals surface area contributed by atoms with Gasteiger partial charge in [-0.2, -0.15) is 0 Å². The molecule has 1 unspecified atom stereocenters. The Morgan fingerprint density at radius 3 is 2.11 bits per heavy atom. The van der Waals surface area contributed by atoms with Crippen LogP contribution in [0.4, 0.5) is 0 Å². The molecule has 44 heavy (non-hydrogen) atoms. The average molecular weight is 644 g/mol. The highest BCUT2D eigenvalue weighted by Gasteiger charge is 2.54. The van der Waals surface area contributed by atoms with Crippen molar-refractivity contribution in [3.8, 4) is 40.1 Å². The molecule has 3 aromatic rings. The number of phosphoric ester groups is 1. The largest absolute Gasteiger partial charge is 0.527 e. The summed E-state index contributed by atoms with van der Waals surface area (Å²) >= 11 is 0. The van der Waals surface area contributed by atoms with E-state index in [1.54, 1.807) is 0 Å². The Kier molecular flexibility index (Phi) is 9.08. The average Bonchev–Trinajstić information content (AvgIpc) is 2.94. The van der Waals surface area contributed by atoms with Crippen molar-refractivity contribution in [1.29, 1.82) is 0 Å². The van der Waals surface area contributed by atoms with E-state index in [1.165, 1.54) is 0 Å². The Bertz CT molecular complexity index is 1700. The number of aliphatic hydroxyl groups excluding tert-OH is 4. The van der Waals surface area contributed by atoms with Crippen LogP contribution >= 0.6 is 7.82 Å². The molecule has 1 aliphatic rings. The predicted octanol–water partition coefficient (Wildman–Crippen LogP) is -0.619. The quantitative estimate of drug-likeness (QED) is 0.0788. The monoisotopic (exact) mass is 644 g/mol. The van der Waals surface area contributed by atoms with Crippen molar-refractivity contribution in [2.75, 3.05) is 0 Å². The van der Waals surface area contributed by atoms with Crippen LogP contribution in [-0.4, -0.2) is 99.4 Å². The van der Waals surface area contributed by atoms with Crippen LogP contribution in [0.25, 0.3) is 22.3 Å². The third-order valence-electron chi connectivity index (χ3n) is 6.48. The second-order valence-electron chi connectivity index (χ2n) is 9.57. The number of phenols is 3. The predicted molar refractivity (Wildman–Crippen MR) is 141 cm³/mol. The third kappa shape index (κ3) is 6.56. The van der Waals surface area contributed by atoms with Gasteiger partial charge in [-0.05, 0) is 18.2 Å². The molecule has 1 aliphatic carbocycles. The molecule has 0 saturated heterocycles. The fraction of sp³-hybridized carbons (Fsp3) is 0.320. The highest BCUT2D eigenvalue weighted by atomic mass is 31.2. The molecule has 2 aromatic carbocycles. The lowest BCUT2D eigenvalue weighted by Crippen LogP contribution is -2.65. The molecule has 19 heteroatoms. The van der Waals surface area contributed by atoms with Crippen LogP contribution in [0.3, 0.4) is 0 Å². The van der Waals surface area contributed by atoms with E-state index in [2.05, 4.69) is 0 Å². The third-order valence-corrected chi connectivity index (χ3v) is 7.42. The van der Waals surface area contributed by atoms with E-state index < -0.39 is 120 Å². The number of benzene rings is 2. The van der Waals surface area contributed by atoms with Gasteiger partial charge < -0.3 is 59.6 Å². The Morgan fingerprint density at radius 1 is 0.864 bits per heavy atom. The summed E-state index contributed by atoms with van der Waals surface area (Å²) in [6.45, 7) is 0. The van der Waals surface area contributed by atoms with Gasteiger partial charge in [0.15, 0.2) is 23.4 Å². The summed E-state index contributed by atoms with van der Waals surface area (Å²) < 4.78 is 33.2. The molecule has 1 aromatic heterocycles. The number of carbonyl (C=O) groups excluding carboxylic acids is 1. The molecular formula is C25H25O18P. The number of rotatable bonds is 9. The number of phosphoric acid groups is 1. The van der Waals surface area contributed by atoms with Crippen molar-refractivity contribution < 1.29 is 83.2 Å². The molecule has 10 N–H and O–H groups in total. The molecule has 1 fully saturated rings. The molecule has 0 spiro atoms. The molecule has 4 rings (SSSR count). The van der Waals surface area contributed by atoms with Crippen LogP contribution in [0, 0.1) is 0 Å². The Balaban J connectivity index is 1.70. The number of aliphatic carboxylic acids is 1. The van der Waals surface area contributed by atoms with Crippen molar-refractivity contribution in [3.63, 3.8) is 0 Å². The van der Waals surface area contributed by atoms with Crippen molar-refractivity contribution in [3.05, 3.63) is 40.6 Å². The summed E-state index contributed by atoms with van der Waals surface area (Å²) in [4.78, 5) is 46.5. The van der Waals surface area contributed by atoms with Gasteiger partial charge in [-0.3, -0.25) is 23.8 Å². The van der Waals surface area contributed by atoms with Gasteiger partial charge >= 0.3 is 19.8 Å². The van der Waals surface area contributed by atoms with Crippen LogP contribution in [0.5, 0.6) is 28.7 Å². The molecule has 0 amide bonds. The number of fused-ring (bicyclic) bond motifs is 1. The molecule has 1 saturated carbocycles. The van der Waals surface area contributed by atoms with Crippen molar-refractivity contribution in [1.82, 2.24) is 0 Å². The number of hydrogen-bond donors (Lipinski definition) is 10. The highest BCUT2D eigenvalue weighted by molar-refractivity contribution is 7.47. The maximum atomic E-state index is 13.1. The van der Waals surface area contributed by atoms with Gasteiger partial charge in [-0.15, -0.1) is 0 Å². The van der Waals surface area contributed by atoms with Crippen LogP contribution in [0.15, 0.2) is 39.5 Å². The molecule has 238 valence electrons. The molecular weight excluding hydrogens is 619 g/mol. The summed E-state index contributed by atoms with van der Waals surface area (Å²) in [5, 5.41) is 88.9. The van der Waals surface area contributed by atoms with E-state index in [0.717, 1.165) is 24.3 Å². The number of carbonyl (C=O) groups is 2. The summed E-state index contributed by atoms with van der Waals surface area (Å²) in [7, 11) is -5.63. The molecule has 18 nitrogen and oxygen atoms in total. The van der Waals surface area contributed by atoms with Crippen LogP contribution in [0.2, 0.25) is 0 Å². The Hall–Kier alpha value is -4.42. The minimum Gasteiger partial charge on any atom is -0.508 e. The lowest BCUT2D eigenvalue weighted by molar-refractivity contribution is -0.230. The van der Waals surface area contributed by atoms with Gasteiger partial charge in [0.2, 0.25) is 11.2 Å². The first-order valence-electron chi connectivity index (χ1n) is 12.4. The summed E-state index contributed by atoms with van der Waals surface area (Å²) in [6, 6.07) is 4.63. The zero-order valence-corrected chi connectivity index (χ0v) is 22.8. The van der Waals surface area contributed by atoms with Gasteiger partial charge in [-0.1, -0.05) is 0 Å². The van der Waals surface area contributed by atoms with E-state index >= 15 is 0 Å². The number of carboxylic acid groups (broad SMARTS) is 1. The van der Waals surface area contributed by atoms with Crippen molar-refractivity contribution in [2.24, 2.45) is 0 Å². The van der Waals surface area contributed by atoms with Gasteiger partial charge in [0.05, 0.1) is 12.8 Å². The fourth-order valence-electron chi connectivity index (χ4n) is 4.35. The van der Waals surface area contributed by atoms with Gasteiger partial charge in [0.25, 0.3) is 0 Å². The topological polar surface area (TPSA) is 311 Å². The highest BCUT2D eigenvalue weighted by Crippen LogP contribution is 2.50. The first-order valence-corrected chi connectivity index (χ1v) is 13.9. The Labute approximate surface area is 244 Å². The minimum absolute atomic E-state index is 0.103. The number of aliphatic hydroxyl groups is 4. The van der Waals surface area contributed by atoms with Crippen molar-refractivity contribution >= 4 is 30.7 Å². The number of phenolic OH excluding ortho intramolecular Hbond substituents is 3. The second-order valence-corrected chi connectivity index (χ2v) is 10.9. The van der Waals surface area contributed by atoms with E-state index in [1.807, 2.05) is 0 Å². The van der Waals surface area contributed by atoms with Crippen LogP contribution in [-0.2, 0) is 23.4 Å². The number of esters is 1. The van der Waals surface area contributed by atoms with Gasteiger partial charge in [-0.25, -0.2) is 4.57 Å². The number of ether oxygens (including phenoxy) is 1. The minimum atomic E-state index is -5.63. The SMILES string of the molecule is O=C(O)CCC(=O)O[C@@H]1[C@@H](O)[C@H](O)[C@@H](O)[C@H](O)[C@@H]1OP(=O)(O)Oc1cc(O)cc2oc(-c3ccc(O)c(O)c3)c(O)c(=O)c12. The Morgan fingerprint density at radius 2 is 1.50 bits per heavy atom. The maximum Gasteiger partial charge on any atom is 0.527 e. The van der Waals surface area contributed by atoms with Gasteiger partial charge in [0, 0.05) is 17.7 Å². The maximum absolute atomic E-state index is 13.1. The molecule has 0 radical (unpaired) electrons. The van der Waals surface area contributed by atoms with Crippen LogP contribution in [0.1, 0.15) is 12.8 Å². The number of carboxylic acids is 1. The molecule has 7 atom stereocenters. The van der Waals surface area contributed by atoms with E-state index in [4.69, 9.17) is 23.3 Å². The lowest BCUT2D eigenvalue weighted by atomic mass is 9.85. The molecule has 0 aliphatic heterocycles. The summed E-state index contributed by atoms with van der Waals surface area (Å²) in [5.74, 6) is -7.13. The van der Waals surface area contributed by atoms with Crippen molar-refractivity contribution in [2.45, 2.75) is 49.5 Å². The number of hydrogen-bond acceptors (Lipinski definition) is 16. The van der Waals surface area contributed by atoms with Crippen LogP contribution < -0.4 is 9.95 Å². The molecule has 1 heterocycles. The smallest absolute Gasteiger partial charge is 0.508 e. The summed E-state index contributed by atoms with van der Waals surface area (Å²) in [5.41, 5.74) is -1.91.